The molecule has 7 nitrogen and oxygen atoms in total. The third kappa shape index (κ3) is 2.46. The lowest BCUT2D eigenvalue weighted by atomic mass is 9.83. The predicted molar refractivity (Wildman–Crippen MR) is 95.0 cm³/mol. The van der Waals surface area contributed by atoms with Gasteiger partial charge in [-0.25, -0.2) is 4.79 Å². The van der Waals surface area contributed by atoms with E-state index in [1.807, 2.05) is 18.2 Å². The van der Waals surface area contributed by atoms with E-state index in [1.54, 1.807) is 35.4 Å². The largest absolute Gasteiger partial charge is 0.463 e. The number of likely N-dealkylation sites (tertiary alicyclic amines) is 1. The molecular weight excluding hydrogens is 346 g/mol. The van der Waals surface area contributed by atoms with Gasteiger partial charge in [0.25, 0.3) is 5.91 Å². The number of nitrogens with one attached hydrogen (secondary N) is 1. The zero-order chi connectivity index (χ0) is 18.4. The maximum Gasteiger partial charge on any atom is 0.339 e. The van der Waals surface area contributed by atoms with Crippen molar-refractivity contribution >= 4 is 11.9 Å². The molecule has 1 fully saturated rings. The Labute approximate surface area is 154 Å². The number of fused-ring (bicyclic) bond motifs is 2. The number of carbonyl (C=O) groups excluding carboxylic acids is 2. The van der Waals surface area contributed by atoms with Crippen LogP contribution < -0.4 is 0 Å². The van der Waals surface area contributed by atoms with Gasteiger partial charge in [-0.3, -0.25) is 9.89 Å². The minimum atomic E-state index is -0.616. The summed E-state index contributed by atoms with van der Waals surface area (Å²) in [7, 11) is 0. The van der Waals surface area contributed by atoms with E-state index in [4.69, 9.17) is 9.15 Å². The molecule has 0 unspecified atom stereocenters. The highest BCUT2D eigenvalue weighted by Crippen LogP contribution is 2.44. The summed E-state index contributed by atoms with van der Waals surface area (Å²) in [6, 6.07) is 12.8. The average Bonchev–Trinajstić information content (AvgIpc) is 3.43. The standard InChI is InChI=1S/C20H17N3O4/c24-18(16-12-15(21-22-16)17-6-3-11-26-17)23-9-7-20(8-10-23)14-5-2-1-4-13(14)19(25)27-20/h1-6,11-12H,7-10H2,(H,21,22). The highest BCUT2D eigenvalue weighted by atomic mass is 16.6. The van der Waals surface area contributed by atoms with Crippen LogP contribution in [-0.4, -0.2) is 40.1 Å². The molecular formula is C20H17N3O4. The third-order valence-corrected chi connectivity index (χ3v) is 5.37. The molecule has 2 aromatic heterocycles. The van der Waals surface area contributed by atoms with E-state index in [0.717, 1.165) is 5.56 Å². The van der Waals surface area contributed by atoms with Crippen LogP contribution in [0.4, 0.5) is 0 Å². The van der Waals surface area contributed by atoms with Crippen LogP contribution in [0.15, 0.2) is 53.1 Å². The molecule has 0 atom stereocenters. The number of rotatable bonds is 2. The molecule has 0 aliphatic carbocycles. The Morgan fingerprint density at radius 2 is 1.96 bits per heavy atom. The number of amides is 1. The maximum absolute atomic E-state index is 12.8. The van der Waals surface area contributed by atoms with Gasteiger partial charge in [0, 0.05) is 37.6 Å². The van der Waals surface area contributed by atoms with Crippen molar-refractivity contribution in [2.24, 2.45) is 0 Å². The number of benzene rings is 1. The summed E-state index contributed by atoms with van der Waals surface area (Å²) in [5, 5.41) is 6.96. The molecule has 0 saturated carbocycles. The van der Waals surface area contributed by atoms with Crippen LogP contribution in [0.3, 0.4) is 0 Å². The second-order valence-electron chi connectivity index (χ2n) is 6.87. The number of nitrogens with zero attached hydrogens (tertiary/aromatic N) is 2. The molecule has 1 amide bonds. The van der Waals surface area contributed by atoms with Gasteiger partial charge in [0.05, 0.1) is 11.8 Å². The number of aromatic nitrogens is 2. The lowest BCUT2D eigenvalue weighted by Gasteiger charge is -2.38. The highest BCUT2D eigenvalue weighted by Gasteiger charge is 2.47. The van der Waals surface area contributed by atoms with Crippen LogP contribution in [0.1, 0.15) is 39.3 Å². The minimum absolute atomic E-state index is 0.142. The van der Waals surface area contributed by atoms with E-state index < -0.39 is 5.60 Å². The predicted octanol–water partition coefficient (Wildman–Crippen LogP) is 2.97. The number of piperidine rings is 1. The fraction of sp³-hybridized carbons (Fsp3) is 0.250. The van der Waals surface area contributed by atoms with E-state index in [9.17, 15) is 9.59 Å². The summed E-state index contributed by atoms with van der Waals surface area (Å²) in [4.78, 5) is 26.7. The normalized spacial score (nSPS) is 17.8. The van der Waals surface area contributed by atoms with Crippen molar-refractivity contribution in [2.45, 2.75) is 18.4 Å². The third-order valence-electron chi connectivity index (χ3n) is 5.37. The SMILES string of the molecule is O=C1OC2(CCN(C(=O)c3cc(-c4ccco4)[nH]n3)CC2)c2ccccc21. The first-order valence-corrected chi connectivity index (χ1v) is 8.88. The van der Waals surface area contributed by atoms with Gasteiger partial charge in [-0.15, -0.1) is 0 Å². The van der Waals surface area contributed by atoms with E-state index in [-0.39, 0.29) is 11.9 Å². The molecule has 0 bridgehead atoms. The van der Waals surface area contributed by atoms with Crippen molar-refractivity contribution in [3.05, 3.63) is 65.5 Å². The summed E-state index contributed by atoms with van der Waals surface area (Å²) in [5.41, 5.74) is 1.96. The monoisotopic (exact) mass is 363 g/mol. The lowest BCUT2D eigenvalue weighted by molar-refractivity contribution is -0.0390. The van der Waals surface area contributed by atoms with Crippen LogP contribution in [0.5, 0.6) is 0 Å². The molecule has 0 radical (unpaired) electrons. The molecule has 7 heteroatoms. The van der Waals surface area contributed by atoms with Crippen LogP contribution in [0, 0.1) is 0 Å². The molecule has 5 rings (SSSR count). The van der Waals surface area contributed by atoms with E-state index >= 15 is 0 Å². The van der Waals surface area contributed by atoms with E-state index in [0.29, 0.717) is 48.6 Å². The van der Waals surface area contributed by atoms with Crippen molar-refractivity contribution in [1.29, 1.82) is 0 Å². The second kappa shape index (κ2) is 5.84. The van der Waals surface area contributed by atoms with E-state index in [1.165, 1.54) is 0 Å². The smallest absolute Gasteiger partial charge is 0.339 e. The summed E-state index contributed by atoms with van der Waals surface area (Å²) in [6.45, 7) is 1.01. The molecule has 2 aliphatic rings. The molecule has 4 heterocycles. The zero-order valence-corrected chi connectivity index (χ0v) is 14.5. The van der Waals surface area contributed by atoms with Gasteiger partial charge in [-0.1, -0.05) is 18.2 Å². The van der Waals surface area contributed by atoms with Crippen molar-refractivity contribution in [3.8, 4) is 11.5 Å². The van der Waals surface area contributed by atoms with Crippen molar-refractivity contribution < 1.29 is 18.7 Å². The Morgan fingerprint density at radius 1 is 1.15 bits per heavy atom. The summed E-state index contributed by atoms with van der Waals surface area (Å²) < 4.78 is 11.1. The number of H-pyrrole nitrogens is 1. The summed E-state index contributed by atoms with van der Waals surface area (Å²) >= 11 is 0. The topological polar surface area (TPSA) is 88.4 Å². The van der Waals surface area contributed by atoms with Gasteiger partial charge in [0.1, 0.15) is 11.3 Å². The average molecular weight is 363 g/mol. The van der Waals surface area contributed by atoms with Gasteiger partial charge < -0.3 is 14.1 Å². The van der Waals surface area contributed by atoms with Crippen LogP contribution in [-0.2, 0) is 10.3 Å². The first kappa shape index (κ1) is 15.9. The van der Waals surface area contributed by atoms with Gasteiger partial charge in [-0.2, -0.15) is 5.10 Å². The van der Waals surface area contributed by atoms with Gasteiger partial charge >= 0.3 is 5.97 Å². The highest BCUT2D eigenvalue weighted by molar-refractivity contribution is 5.95. The first-order valence-electron chi connectivity index (χ1n) is 8.88. The Balaban J connectivity index is 1.33. The number of furan rings is 1. The molecule has 3 aromatic rings. The fourth-order valence-corrected chi connectivity index (χ4v) is 3.94. The Bertz CT molecular complexity index is 1010. The first-order chi connectivity index (χ1) is 13.2. The number of carbonyl (C=O) groups is 2. The van der Waals surface area contributed by atoms with Crippen LogP contribution >= 0.6 is 0 Å². The number of esters is 1. The summed E-state index contributed by atoms with van der Waals surface area (Å²) in [5.74, 6) is 0.214. The Morgan fingerprint density at radius 3 is 2.74 bits per heavy atom. The molecule has 1 saturated heterocycles. The number of hydrogen-bond donors (Lipinski definition) is 1. The minimum Gasteiger partial charge on any atom is -0.463 e. The second-order valence-corrected chi connectivity index (χ2v) is 6.87. The molecule has 2 aliphatic heterocycles. The zero-order valence-electron chi connectivity index (χ0n) is 14.5. The molecule has 1 aromatic carbocycles. The quantitative estimate of drug-likeness (QED) is 0.707. The van der Waals surface area contributed by atoms with Gasteiger partial charge in [0.15, 0.2) is 11.5 Å². The maximum atomic E-state index is 12.8. The van der Waals surface area contributed by atoms with E-state index in [2.05, 4.69) is 10.2 Å². The Hall–Kier alpha value is -3.35. The fourth-order valence-electron chi connectivity index (χ4n) is 3.94. The molecule has 27 heavy (non-hydrogen) atoms. The number of aromatic amines is 1. The summed E-state index contributed by atoms with van der Waals surface area (Å²) in [6.07, 6.45) is 2.73. The van der Waals surface area contributed by atoms with Crippen molar-refractivity contribution in [3.63, 3.8) is 0 Å². The van der Waals surface area contributed by atoms with Crippen molar-refractivity contribution in [2.75, 3.05) is 13.1 Å². The Kier molecular flexibility index (Phi) is 3.43. The number of hydrogen-bond acceptors (Lipinski definition) is 5. The van der Waals surface area contributed by atoms with Crippen LogP contribution in [0.25, 0.3) is 11.5 Å². The molecule has 1 N–H and O–H groups in total. The van der Waals surface area contributed by atoms with Gasteiger partial charge in [-0.05, 0) is 18.2 Å². The van der Waals surface area contributed by atoms with Gasteiger partial charge in [0.2, 0.25) is 0 Å². The lowest BCUT2D eigenvalue weighted by Crippen LogP contribution is -2.45. The van der Waals surface area contributed by atoms with Crippen molar-refractivity contribution in [1.82, 2.24) is 15.1 Å². The number of ether oxygens (including phenoxy) is 1. The molecule has 136 valence electrons. The van der Waals surface area contributed by atoms with Crippen LogP contribution in [0.2, 0.25) is 0 Å². The molecule has 1 spiro atoms.